The highest BCUT2D eigenvalue weighted by Gasteiger charge is 2.14. The first kappa shape index (κ1) is 16.8. The number of aliphatic carboxylic acids is 1. The van der Waals surface area contributed by atoms with E-state index in [0.717, 1.165) is 0 Å². The fraction of sp³-hybridized carbons (Fsp3) is 0.0625. The lowest BCUT2D eigenvalue weighted by Crippen LogP contribution is -2.24. The zero-order valence-corrected chi connectivity index (χ0v) is 12.7. The molecule has 0 saturated heterocycles. The molecule has 2 rings (SSSR count). The highest BCUT2D eigenvalue weighted by molar-refractivity contribution is 6.42. The van der Waals surface area contributed by atoms with Crippen molar-refractivity contribution in [3.8, 4) is 0 Å². The maximum Gasteiger partial charge on any atom is 0.356 e. The average molecular weight is 326 g/mol. The third-order valence-electron chi connectivity index (χ3n) is 2.87. The summed E-state index contributed by atoms with van der Waals surface area (Å²) in [6.45, 7) is 1.34. The molecular weight excluding hydrogens is 312 g/mol. The standard InChI is InChI=1S/C16H14N4O4/c1-10(21)18-13-4-2-3-12(9-13)14(16(23)24)19-20-15(22)11-5-7-17-8-6-11/h2-9H,1H3,(H,18,21)(H,20,22)(H,23,24)/b19-14-. The highest BCUT2D eigenvalue weighted by Crippen LogP contribution is 2.12. The Bertz CT molecular complexity index is 803. The fourth-order valence-corrected chi connectivity index (χ4v) is 1.86. The number of carboxylic acid groups (broad SMARTS) is 1. The summed E-state index contributed by atoms with van der Waals surface area (Å²) in [5, 5.41) is 15.5. The van der Waals surface area contributed by atoms with Crippen LogP contribution in [-0.2, 0) is 9.59 Å². The Morgan fingerprint density at radius 2 is 1.79 bits per heavy atom. The summed E-state index contributed by atoms with van der Waals surface area (Å²) in [7, 11) is 0. The number of hydrogen-bond acceptors (Lipinski definition) is 5. The van der Waals surface area contributed by atoms with Gasteiger partial charge in [-0.15, -0.1) is 0 Å². The molecule has 2 amide bonds. The number of benzene rings is 1. The van der Waals surface area contributed by atoms with Gasteiger partial charge < -0.3 is 10.4 Å². The minimum absolute atomic E-state index is 0.240. The second-order valence-corrected chi connectivity index (χ2v) is 4.70. The lowest BCUT2D eigenvalue weighted by atomic mass is 10.1. The molecule has 0 aliphatic heterocycles. The summed E-state index contributed by atoms with van der Waals surface area (Å²) in [5.74, 6) is -2.16. The van der Waals surface area contributed by atoms with E-state index in [1.165, 1.54) is 43.6 Å². The molecule has 3 N–H and O–H groups in total. The molecule has 0 spiro atoms. The number of carbonyl (C=O) groups is 3. The van der Waals surface area contributed by atoms with Crippen LogP contribution in [0.3, 0.4) is 0 Å². The number of anilines is 1. The number of aromatic nitrogens is 1. The van der Waals surface area contributed by atoms with Gasteiger partial charge in [0.2, 0.25) is 5.91 Å². The van der Waals surface area contributed by atoms with E-state index in [9.17, 15) is 19.5 Å². The number of rotatable bonds is 5. The van der Waals surface area contributed by atoms with Crippen LogP contribution in [0.15, 0.2) is 53.9 Å². The summed E-state index contributed by atoms with van der Waals surface area (Å²) in [4.78, 5) is 38.2. The third-order valence-corrected chi connectivity index (χ3v) is 2.87. The molecule has 0 aliphatic carbocycles. The van der Waals surface area contributed by atoms with E-state index < -0.39 is 11.9 Å². The Morgan fingerprint density at radius 3 is 2.42 bits per heavy atom. The van der Waals surface area contributed by atoms with Crippen molar-refractivity contribution in [2.75, 3.05) is 5.32 Å². The van der Waals surface area contributed by atoms with E-state index in [1.807, 2.05) is 0 Å². The van der Waals surface area contributed by atoms with Crippen molar-refractivity contribution in [1.82, 2.24) is 10.4 Å². The Balaban J connectivity index is 2.24. The fourth-order valence-electron chi connectivity index (χ4n) is 1.86. The number of carbonyl (C=O) groups excluding carboxylic acids is 2. The quantitative estimate of drug-likeness (QED) is 0.564. The monoisotopic (exact) mass is 326 g/mol. The van der Waals surface area contributed by atoms with Gasteiger partial charge in [0.1, 0.15) is 0 Å². The number of pyridine rings is 1. The Hall–Kier alpha value is -3.55. The summed E-state index contributed by atoms with van der Waals surface area (Å²) in [5.41, 5.74) is 2.80. The van der Waals surface area contributed by atoms with Gasteiger partial charge in [-0.05, 0) is 24.3 Å². The van der Waals surface area contributed by atoms with Crippen LogP contribution in [0, 0.1) is 0 Å². The van der Waals surface area contributed by atoms with Crippen molar-refractivity contribution in [2.45, 2.75) is 6.92 Å². The summed E-state index contributed by atoms with van der Waals surface area (Å²) in [6.07, 6.45) is 2.88. The normalized spacial score (nSPS) is 10.8. The molecule has 1 heterocycles. The van der Waals surface area contributed by atoms with Crippen molar-refractivity contribution >= 4 is 29.2 Å². The van der Waals surface area contributed by atoms with Crippen molar-refractivity contribution in [1.29, 1.82) is 0 Å². The van der Waals surface area contributed by atoms with E-state index in [0.29, 0.717) is 11.3 Å². The number of hydrazone groups is 1. The third kappa shape index (κ3) is 4.47. The van der Waals surface area contributed by atoms with Gasteiger partial charge in [-0.2, -0.15) is 5.10 Å². The largest absolute Gasteiger partial charge is 0.476 e. The molecule has 8 nitrogen and oxygen atoms in total. The van der Waals surface area contributed by atoms with Crippen LogP contribution in [0.5, 0.6) is 0 Å². The summed E-state index contributed by atoms with van der Waals surface area (Å²) in [6, 6.07) is 9.10. The molecule has 122 valence electrons. The summed E-state index contributed by atoms with van der Waals surface area (Å²) >= 11 is 0. The van der Waals surface area contributed by atoms with Gasteiger partial charge >= 0.3 is 5.97 Å². The van der Waals surface area contributed by atoms with Crippen LogP contribution in [0.4, 0.5) is 5.69 Å². The van der Waals surface area contributed by atoms with Crippen LogP contribution in [0.2, 0.25) is 0 Å². The van der Waals surface area contributed by atoms with E-state index in [4.69, 9.17) is 0 Å². The molecule has 24 heavy (non-hydrogen) atoms. The molecule has 2 aromatic rings. The predicted molar refractivity (Wildman–Crippen MR) is 86.6 cm³/mol. The number of nitrogens with one attached hydrogen (secondary N) is 2. The second kappa shape index (κ2) is 7.63. The van der Waals surface area contributed by atoms with Crippen molar-refractivity contribution in [3.05, 3.63) is 59.9 Å². The average Bonchev–Trinajstić information content (AvgIpc) is 2.55. The van der Waals surface area contributed by atoms with Crippen LogP contribution in [0.1, 0.15) is 22.8 Å². The SMILES string of the molecule is CC(=O)Nc1cccc(/C(=N/NC(=O)c2ccncc2)C(=O)O)c1. The van der Waals surface area contributed by atoms with Gasteiger partial charge in [-0.25, -0.2) is 10.2 Å². The highest BCUT2D eigenvalue weighted by atomic mass is 16.4. The maximum atomic E-state index is 11.9. The lowest BCUT2D eigenvalue weighted by Gasteiger charge is -2.06. The van der Waals surface area contributed by atoms with Crippen molar-refractivity contribution in [2.24, 2.45) is 5.10 Å². The van der Waals surface area contributed by atoms with Gasteiger partial charge in [-0.1, -0.05) is 12.1 Å². The molecule has 8 heteroatoms. The van der Waals surface area contributed by atoms with E-state index in [-0.39, 0.29) is 17.2 Å². The second-order valence-electron chi connectivity index (χ2n) is 4.70. The summed E-state index contributed by atoms with van der Waals surface area (Å²) < 4.78 is 0. The molecule has 0 unspecified atom stereocenters. The molecular formula is C16H14N4O4. The van der Waals surface area contributed by atoms with E-state index in [1.54, 1.807) is 12.1 Å². The minimum Gasteiger partial charge on any atom is -0.476 e. The Morgan fingerprint density at radius 1 is 1.08 bits per heavy atom. The first-order chi connectivity index (χ1) is 11.5. The van der Waals surface area contributed by atoms with Gasteiger partial charge in [0.15, 0.2) is 5.71 Å². The number of carboxylic acids is 1. The molecule has 0 fully saturated rings. The van der Waals surface area contributed by atoms with Gasteiger partial charge in [0, 0.05) is 36.1 Å². The number of amides is 2. The smallest absolute Gasteiger partial charge is 0.356 e. The molecule has 0 radical (unpaired) electrons. The van der Waals surface area contributed by atoms with Crippen LogP contribution >= 0.6 is 0 Å². The zero-order chi connectivity index (χ0) is 17.5. The molecule has 0 saturated carbocycles. The molecule has 0 bridgehead atoms. The van der Waals surface area contributed by atoms with Gasteiger partial charge in [0.25, 0.3) is 5.91 Å². The number of nitrogens with zero attached hydrogens (tertiary/aromatic N) is 2. The van der Waals surface area contributed by atoms with Crippen LogP contribution in [0.25, 0.3) is 0 Å². The zero-order valence-electron chi connectivity index (χ0n) is 12.7. The van der Waals surface area contributed by atoms with Crippen molar-refractivity contribution in [3.63, 3.8) is 0 Å². The first-order valence-corrected chi connectivity index (χ1v) is 6.86. The van der Waals surface area contributed by atoms with Crippen LogP contribution < -0.4 is 10.7 Å². The molecule has 1 aromatic heterocycles. The van der Waals surface area contributed by atoms with Gasteiger partial charge in [0.05, 0.1) is 0 Å². The topological polar surface area (TPSA) is 121 Å². The molecule has 0 aliphatic rings. The van der Waals surface area contributed by atoms with Crippen LogP contribution in [-0.4, -0.2) is 33.6 Å². The Labute approximate surface area is 137 Å². The minimum atomic E-state index is -1.31. The van der Waals surface area contributed by atoms with E-state index in [2.05, 4.69) is 20.8 Å². The lowest BCUT2D eigenvalue weighted by molar-refractivity contribution is -0.129. The number of hydrogen-bond donors (Lipinski definition) is 3. The van der Waals surface area contributed by atoms with Gasteiger partial charge in [-0.3, -0.25) is 14.6 Å². The van der Waals surface area contributed by atoms with E-state index >= 15 is 0 Å². The molecule has 1 aromatic carbocycles. The maximum absolute atomic E-state index is 11.9. The van der Waals surface area contributed by atoms with Crippen molar-refractivity contribution < 1.29 is 19.5 Å². The predicted octanol–water partition coefficient (Wildman–Crippen LogP) is 1.26. The molecule has 0 atom stereocenters. The Kier molecular flexibility index (Phi) is 5.35. The first-order valence-electron chi connectivity index (χ1n) is 6.86.